The maximum Gasteiger partial charge on any atom is 0.296 e. The van der Waals surface area contributed by atoms with Crippen molar-refractivity contribution in [2.45, 2.75) is 35.8 Å². The van der Waals surface area contributed by atoms with Gasteiger partial charge >= 0.3 is 0 Å². The molecular weight excluding hydrogens is 1050 g/mol. The van der Waals surface area contributed by atoms with Gasteiger partial charge in [0.2, 0.25) is 0 Å². The Kier molecular flexibility index (Phi) is 11.7. The predicted molar refractivity (Wildman–Crippen MR) is 239 cm³/mol. The fourth-order valence-corrected chi connectivity index (χ4v) is 13.2. The summed E-state index contributed by atoms with van der Waals surface area (Å²) in [5, 5.41) is 8.92. The van der Waals surface area contributed by atoms with Crippen LogP contribution in [0, 0.1) is 16.4 Å². The Balaban J connectivity index is 1.49. The number of hydrogen-bond donors (Lipinski definition) is 7. The number of carbonyl (C=O) groups is 2. The van der Waals surface area contributed by atoms with E-state index in [0.29, 0.717) is 24.3 Å². The lowest BCUT2D eigenvalue weighted by Gasteiger charge is -2.18. The van der Waals surface area contributed by atoms with E-state index in [9.17, 15) is 97.6 Å². The molecule has 5 aromatic carbocycles. The highest BCUT2D eigenvalue weighted by molar-refractivity contribution is 7.93. The van der Waals surface area contributed by atoms with Crippen LogP contribution in [-0.2, 0) is 60.4 Å². The summed E-state index contributed by atoms with van der Waals surface area (Å²) in [6, 6.07) is 11.4. The van der Waals surface area contributed by atoms with Gasteiger partial charge < -0.3 is 10.4 Å². The SMILES string of the molecule is O=C1c2ccccc2C(=O)C1CCS(=O)(=O)c1cc(Nc2cc(S(=O)(=O)O)c3nc(=O)c(=C(O)c4cccc(S(=O)(=O)O)c4)c4c5ccc(S(=O)(=O)O)cc5c(=O)c2c3=4)c(S(=O)(=O)O)cc1S(=O)(=O)O. The number of nitrogens with zero attached hydrogens (tertiary/aromatic N) is 1. The highest BCUT2D eigenvalue weighted by Crippen LogP contribution is 2.38. The van der Waals surface area contributed by atoms with Crippen LogP contribution in [-0.4, -0.2) is 101 Å². The topological polar surface area (TPSA) is 419 Å². The van der Waals surface area contributed by atoms with E-state index in [1.165, 1.54) is 24.3 Å². The van der Waals surface area contributed by atoms with E-state index in [1.54, 1.807) is 0 Å². The normalized spacial score (nSPS) is 14.7. The monoisotopic (exact) mass is 1080 g/mol. The minimum Gasteiger partial charge on any atom is -0.506 e. The summed E-state index contributed by atoms with van der Waals surface area (Å²) in [5.41, 5.74) is -7.09. The third kappa shape index (κ3) is 8.56. The van der Waals surface area contributed by atoms with Gasteiger partial charge in [-0.15, -0.1) is 0 Å². The molecule has 0 bridgehead atoms. The van der Waals surface area contributed by atoms with Crippen molar-refractivity contribution in [3.8, 4) is 0 Å². The first-order valence-electron chi connectivity index (χ1n) is 19.0. The number of Topliss-reactive ketones (excluding diaryl/α,β-unsaturated/α-hetero) is 2. The van der Waals surface area contributed by atoms with Crippen molar-refractivity contribution >= 4 is 111 Å². The number of aromatic nitrogens is 1. The maximum atomic E-state index is 14.7. The lowest BCUT2D eigenvalue weighted by atomic mass is 9.96. The second-order valence-corrected chi connectivity index (χ2v) is 24.4. The summed E-state index contributed by atoms with van der Waals surface area (Å²) in [5.74, 6) is -5.70. The van der Waals surface area contributed by atoms with E-state index in [-0.39, 0.29) is 23.3 Å². The number of aliphatic hydroxyl groups excluding tert-OH is 1. The maximum absolute atomic E-state index is 14.7. The Bertz CT molecular complexity index is 4490. The summed E-state index contributed by atoms with van der Waals surface area (Å²) in [7, 11) is -32.8. The van der Waals surface area contributed by atoms with E-state index in [0.717, 1.165) is 24.3 Å². The number of aliphatic hydroxyl groups is 1. The van der Waals surface area contributed by atoms with E-state index in [1.807, 2.05) is 0 Å². The van der Waals surface area contributed by atoms with Crippen LogP contribution < -0.4 is 21.5 Å². The number of carbonyl (C=O) groups excluding carboxylic acids is 2. The Morgan fingerprint density at radius 1 is 0.543 bits per heavy atom. The van der Waals surface area contributed by atoms with Gasteiger partial charge in [-0.05, 0) is 54.3 Å². The zero-order valence-electron chi connectivity index (χ0n) is 34.2. The molecule has 70 heavy (non-hydrogen) atoms. The summed E-state index contributed by atoms with van der Waals surface area (Å²) in [6.07, 6.45) is -0.821. The first kappa shape index (κ1) is 49.7. The van der Waals surface area contributed by atoms with Crippen LogP contribution >= 0.6 is 0 Å². The van der Waals surface area contributed by atoms with E-state index < -0.39 is 190 Å². The van der Waals surface area contributed by atoms with Gasteiger partial charge in [-0.1, -0.05) is 42.5 Å². The molecule has 1 heterocycles. The molecule has 0 saturated carbocycles. The molecule has 0 aromatic heterocycles. The molecule has 0 unspecified atom stereocenters. The van der Waals surface area contributed by atoms with Crippen molar-refractivity contribution in [3.05, 3.63) is 138 Å². The van der Waals surface area contributed by atoms with E-state index in [4.69, 9.17) is 0 Å². The van der Waals surface area contributed by atoms with Crippen molar-refractivity contribution in [2.75, 3.05) is 11.1 Å². The van der Waals surface area contributed by atoms with E-state index >= 15 is 0 Å². The molecule has 0 amide bonds. The lowest BCUT2D eigenvalue weighted by molar-refractivity contribution is 0.0835. The van der Waals surface area contributed by atoms with Gasteiger partial charge in [-0.3, -0.25) is 41.9 Å². The number of ketones is 2. The Labute approximate surface area is 392 Å². The Hall–Kier alpha value is -6.71. The average Bonchev–Trinajstić information content (AvgIpc) is 3.50. The molecule has 2 aliphatic carbocycles. The molecule has 30 heteroatoms. The number of benzene rings is 5. The number of rotatable bonds is 12. The second-order valence-electron chi connectivity index (χ2n) is 15.3. The average molecular weight is 1080 g/mol. The standard InChI is InChI=1S/C40H26N2O22S6/c43-36(17-4-3-5-18(12-17)66(50,51)52)34-31-20-9-8-19(67(53,54)55)13-24(20)39(46)32-26(15-30(70(62,63)64)35(33(31)32)42-40(34)47)41-25-14-28(29(69(59,60)61)16-27(25)68(56,57)58)65(48,49)11-10-23-37(44)21-6-1-2-7-22(21)38(23)45/h1-9,12-16,23,41,43H,10-11H2,(H,50,51,52)(H,53,54,55)(H,56,57,58)(H,59,60,61)(H,62,63,64). The third-order valence-electron chi connectivity index (χ3n) is 11.1. The third-order valence-corrected chi connectivity index (χ3v) is 17.4. The smallest absolute Gasteiger partial charge is 0.296 e. The summed E-state index contributed by atoms with van der Waals surface area (Å²) in [6.45, 7) is 0. The fraction of sp³-hybridized carbons (Fsp3) is 0.0750. The summed E-state index contributed by atoms with van der Waals surface area (Å²) < 4.78 is 205. The number of nitrogens with one attached hydrogen (secondary N) is 1. The highest BCUT2D eigenvalue weighted by atomic mass is 32.2. The van der Waals surface area contributed by atoms with Crippen LogP contribution in [0.15, 0.2) is 124 Å². The molecule has 0 radical (unpaired) electrons. The van der Waals surface area contributed by atoms with Crippen molar-refractivity contribution in [2.24, 2.45) is 5.92 Å². The fourth-order valence-electron chi connectivity index (χ4n) is 8.08. The molecule has 0 atom stereocenters. The molecule has 24 nitrogen and oxygen atoms in total. The molecule has 0 spiro atoms. The first-order valence-corrected chi connectivity index (χ1v) is 27.9. The molecule has 0 saturated heterocycles. The zero-order chi connectivity index (χ0) is 51.6. The van der Waals surface area contributed by atoms with Gasteiger partial charge in [0, 0.05) is 32.5 Å². The summed E-state index contributed by atoms with van der Waals surface area (Å²) >= 11 is 0. The van der Waals surface area contributed by atoms with Gasteiger partial charge in [0.1, 0.15) is 20.4 Å². The van der Waals surface area contributed by atoms with Gasteiger partial charge in [-0.25, -0.2) is 13.4 Å². The van der Waals surface area contributed by atoms with Crippen LogP contribution in [0.25, 0.3) is 27.4 Å². The van der Waals surface area contributed by atoms with Crippen LogP contribution in [0.5, 0.6) is 0 Å². The van der Waals surface area contributed by atoms with Gasteiger partial charge in [0.25, 0.3) is 56.1 Å². The number of anilines is 2. The number of sulfone groups is 1. The van der Waals surface area contributed by atoms with Crippen molar-refractivity contribution in [1.29, 1.82) is 0 Å². The number of fused-ring (bicyclic) bond motifs is 3. The molecular formula is C40H26N2O22S6. The molecule has 7 N–H and O–H groups in total. The van der Waals surface area contributed by atoms with Crippen molar-refractivity contribution in [1.82, 2.24) is 4.98 Å². The lowest BCUT2D eigenvalue weighted by Crippen LogP contribution is -2.33. The zero-order valence-corrected chi connectivity index (χ0v) is 39.1. The molecule has 1 aliphatic heterocycles. The first-order chi connectivity index (χ1) is 32.2. The molecule has 3 aliphatic rings. The molecule has 364 valence electrons. The van der Waals surface area contributed by atoms with Crippen LogP contribution in [0.1, 0.15) is 32.7 Å². The van der Waals surface area contributed by atoms with Crippen molar-refractivity contribution < 1.29 is 88.0 Å². The van der Waals surface area contributed by atoms with Gasteiger partial charge in [0.15, 0.2) is 26.8 Å². The van der Waals surface area contributed by atoms with Crippen LogP contribution in [0.3, 0.4) is 0 Å². The molecule has 0 fully saturated rings. The quantitative estimate of drug-likeness (QED) is 0.0674. The predicted octanol–water partition coefficient (Wildman–Crippen LogP) is 1.54. The van der Waals surface area contributed by atoms with E-state index in [2.05, 4.69) is 10.3 Å². The van der Waals surface area contributed by atoms with Crippen molar-refractivity contribution in [3.63, 3.8) is 0 Å². The van der Waals surface area contributed by atoms with Crippen LogP contribution in [0.2, 0.25) is 0 Å². The largest absolute Gasteiger partial charge is 0.506 e. The van der Waals surface area contributed by atoms with Crippen LogP contribution in [0.4, 0.5) is 11.4 Å². The molecule has 5 aromatic rings. The molecule has 8 rings (SSSR count). The van der Waals surface area contributed by atoms with Gasteiger partial charge in [-0.2, -0.15) is 42.1 Å². The summed E-state index contributed by atoms with van der Waals surface area (Å²) in [4.78, 5) is 50.6. The minimum absolute atomic E-state index is 0.0519. The second kappa shape index (κ2) is 16.4. The highest BCUT2D eigenvalue weighted by Gasteiger charge is 2.40. The van der Waals surface area contributed by atoms with Gasteiger partial charge in [0.05, 0.1) is 53.9 Å². The number of hydrogen-bond acceptors (Lipinski definition) is 19. The Morgan fingerprint density at radius 2 is 1.10 bits per heavy atom. The Morgan fingerprint density at radius 3 is 1.66 bits per heavy atom. The minimum atomic E-state index is -5.84.